The van der Waals surface area contributed by atoms with Crippen molar-refractivity contribution in [2.75, 3.05) is 19.8 Å². The fraction of sp³-hybridized carbons (Fsp3) is 0.930. The van der Waals surface area contributed by atoms with Gasteiger partial charge in [0.2, 0.25) is 5.91 Å². The van der Waals surface area contributed by atoms with Gasteiger partial charge in [0, 0.05) is 17.8 Å². The molecule has 2 aliphatic heterocycles. The van der Waals surface area contributed by atoms with Crippen molar-refractivity contribution < 1.29 is 69.1 Å². The minimum absolute atomic E-state index is 0.0167. The number of fused-ring (bicyclic) bond motifs is 7. The molecule has 7 fully saturated rings. The molecule has 0 aromatic carbocycles. The minimum Gasteiger partial charge on any atom is -0.480 e. The molecule has 19 atom stereocenters. The highest BCUT2D eigenvalue weighted by molar-refractivity contribution is 5.89. The highest BCUT2D eigenvalue weighted by atomic mass is 16.8. The number of ketones is 1. The van der Waals surface area contributed by atoms with Crippen LogP contribution >= 0.6 is 0 Å². The molecule has 0 bridgehead atoms. The molecule has 15 heteroatoms. The first-order valence-corrected chi connectivity index (χ1v) is 21.6. The van der Waals surface area contributed by atoms with E-state index in [0.717, 1.165) is 25.7 Å². The summed E-state index contributed by atoms with van der Waals surface area (Å²) < 4.78 is 24.3. The van der Waals surface area contributed by atoms with E-state index < -0.39 is 90.2 Å². The molecule has 330 valence electrons. The highest BCUT2D eigenvalue weighted by Gasteiger charge is 2.73. The lowest BCUT2D eigenvalue weighted by Crippen LogP contribution is -2.71. The Bertz CT molecular complexity index is 1600. The van der Waals surface area contributed by atoms with E-state index >= 15 is 4.79 Å². The van der Waals surface area contributed by atoms with Crippen LogP contribution in [0.25, 0.3) is 0 Å². The summed E-state index contributed by atoms with van der Waals surface area (Å²) in [5.41, 5.74) is -2.76. The Hall–Kier alpha value is -1.79. The standard InChI is InChI=1S/C43H69NO14/c1-21-30(50)32(52)33(53)35(56-21)58-34-31(51)24(47)19-55-36(34)57-27-9-10-39(4)25(40(27,5)20-45)8-11-41(6)26(39)16-23(46)29-22-17-38(2,3)12-14-43(22,15-13-42(29,41)7)37(54)44-18-28(48)49/h21-22,24-27,29-36,45,47,50-53H,8-20H2,1-7H3,(H,44,54)(H,48,49)/t21-,22+,24+,25-,26-,27+,29+,30+,31+,32-,33-,34-,35+,36+,39+,40+,41-,42-,43+/m1/s1. The lowest BCUT2D eigenvalue weighted by Gasteiger charge is -2.73. The van der Waals surface area contributed by atoms with Gasteiger partial charge in [0.1, 0.15) is 49.0 Å². The van der Waals surface area contributed by atoms with Gasteiger partial charge < -0.3 is 60.0 Å². The molecule has 0 aromatic heterocycles. The zero-order valence-corrected chi connectivity index (χ0v) is 35.3. The summed E-state index contributed by atoms with van der Waals surface area (Å²) in [5, 5.41) is 76.5. The molecule has 7 rings (SSSR count). The fourth-order valence-corrected chi connectivity index (χ4v) is 14.1. The van der Waals surface area contributed by atoms with Crippen molar-refractivity contribution >= 4 is 17.7 Å². The van der Waals surface area contributed by atoms with Crippen LogP contribution in [0.4, 0.5) is 0 Å². The van der Waals surface area contributed by atoms with Gasteiger partial charge in [-0.05, 0) is 104 Å². The third-order valence-electron chi connectivity index (χ3n) is 17.8. The van der Waals surface area contributed by atoms with Gasteiger partial charge in [0.15, 0.2) is 12.6 Å². The zero-order chi connectivity index (χ0) is 42.5. The van der Waals surface area contributed by atoms with Crippen molar-refractivity contribution in [3.05, 3.63) is 0 Å². The second-order valence-electron chi connectivity index (χ2n) is 21.2. The SMILES string of the molecule is C[C@H]1O[C@@H](O[C@H]2[C@H](O[C@H]3CC[C@@]4(C)[C@@H](CC[C@]5(C)[C@@H]4CC(=O)[C@@H]4[C@@H]6CC(C)(C)CC[C@]6(C(=O)NCC(=O)O)CC[C@]45C)[C@]3(C)CO)OC[C@H](O)[C@@H]2O)[C@H](O)[C@H](O)[C@H]1O. The van der Waals surface area contributed by atoms with E-state index in [1.54, 1.807) is 0 Å². The van der Waals surface area contributed by atoms with Gasteiger partial charge in [-0.2, -0.15) is 0 Å². The van der Waals surface area contributed by atoms with E-state index in [0.29, 0.717) is 38.5 Å². The van der Waals surface area contributed by atoms with Crippen molar-refractivity contribution in [2.45, 2.75) is 174 Å². The molecule has 0 spiro atoms. The summed E-state index contributed by atoms with van der Waals surface area (Å²) in [6, 6.07) is 0. The predicted molar refractivity (Wildman–Crippen MR) is 205 cm³/mol. The first-order chi connectivity index (χ1) is 27.0. The number of carbonyl (C=O) groups is 3. The monoisotopic (exact) mass is 823 g/mol. The smallest absolute Gasteiger partial charge is 0.322 e. The Kier molecular flexibility index (Phi) is 11.6. The molecule has 0 unspecified atom stereocenters. The van der Waals surface area contributed by atoms with Gasteiger partial charge in [-0.1, -0.05) is 41.5 Å². The zero-order valence-electron chi connectivity index (χ0n) is 35.3. The summed E-state index contributed by atoms with van der Waals surface area (Å²) in [6.07, 6.45) is -6.49. The molecule has 1 amide bonds. The number of amides is 1. The number of aliphatic hydroxyl groups excluding tert-OH is 6. The number of aliphatic hydroxyl groups is 6. The van der Waals surface area contributed by atoms with E-state index in [2.05, 4.69) is 39.9 Å². The molecule has 2 saturated heterocycles. The largest absolute Gasteiger partial charge is 0.480 e. The molecule has 0 aromatic rings. The van der Waals surface area contributed by atoms with Gasteiger partial charge in [0.25, 0.3) is 0 Å². The average Bonchev–Trinajstić information content (AvgIpc) is 3.16. The number of aliphatic carboxylic acids is 1. The fourth-order valence-electron chi connectivity index (χ4n) is 14.1. The van der Waals surface area contributed by atoms with Gasteiger partial charge in [0.05, 0.1) is 30.8 Å². The quantitative estimate of drug-likeness (QED) is 0.163. The van der Waals surface area contributed by atoms with Crippen molar-refractivity contribution in [1.29, 1.82) is 0 Å². The van der Waals surface area contributed by atoms with Crippen LogP contribution in [-0.2, 0) is 33.3 Å². The van der Waals surface area contributed by atoms with Crippen LogP contribution in [-0.4, -0.2) is 135 Å². The average molecular weight is 824 g/mol. The highest BCUT2D eigenvalue weighted by Crippen LogP contribution is 2.76. The third kappa shape index (κ3) is 6.71. The number of carboxylic acid groups (broad SMARTS) is 1. The van der Waals surface area contributed by atoms with Gasteiger partial charge in [-0.25, -0.2) is 0 Å². The molecule has 7 aliphatic rings. The second kappa shape index (κ2) is 15.2. The topological polar surface area (TPSA) is 242 Å². The Labute approximate surface area is 341 Å². The number of hydrogen-bond acceptors (Lipinski definition) is 13. The number of carbonyl (C=O) groups excluding carboxylic acids is 2. The van der Waals surface area contributed by atoms with E-state index in [4.69, 9.17) is 18.9 Å². The van der Waals surface area contributed by atoms with Crippen molar-refractivity contribution in [3.8, 4) is 0 Å². The molecule has 5 saturated carbocycles. The molecule has 2 heterocycles. The lowest BCUT2D eigenvalue weighted by atomic mass is 9.31. The van der Waals surface area contributed by atoms with Gasteiger partial charge in [-0.15, -0.1) is 0 Å². The van der Waals surface area contributed by atoms with E-state index in [1.165, 1.54) is 6.92 Å². The molecular formula is C43H69NO14. The van der Waals surface area contributed by atoms with Gasteiger partial charge in [-0.3, -0.25) is 14.4 Å². The van der Waals surface area contributed by atoms with Crippen LogP contribution in [0.15, 0.2) is 0 Å². The molecule has 5 aliphatic carbocycles. The summed E-state index contributed by atoms with van der Waals surface area (Å²) in [4.78, 5) is 40.6. The first kappa shape index (κ1) is 44.3. The Balaban J connectivity index is 1.15. The maximum atomic E-state index is 15.0. The number of nitrogens with one attached hydrogen (secondary N) is 1. The summed E-state index contributed by atoms with van der Waals surface area (Å²) in [7, 11) is 0. The van der Waals surface area contributed by atoms with E-state index in [-0.39, 0.29) is 64.8 Å². The maximum Gasteiger partial charge on any atom is 0.322 e. The summed E-state index contributed by atoms with van der Waals surface area (Å²) in [6.45, 7) is 13.9. The van der Waals surface area contributed by atoms with E-state index in [1.807, 2.05) is 6.92 Å². The van der Waals surface area contributed by atoms with Crippen molar-refractivity contribution in [1.82, 2.24) is 5.32 Å². The molecule has 58 heavy (non-hydrogen) atoms. The number of Topliss-reactive ketones (excluding diaryl/α,β-unsaturated/α-hetero) is 1. The number of carboxylic acids is 1. The van der Waals surface area contributed by atoms with Crippen LogP contribution in [0.1, 0.15) is 113 Å². The summed E-state index contributed by atoms with van der Waals surface area (Å²) >= 11 is 0. The Morgan fingerprint density at radius 1 is 0.810 bits per heavy atom. The normalized spacial score (nSPS) is 52.7. The number of rotatable bonds is 8. The number of ether oxygens (including phenoxy) is 4. The third-order valence-corrected chi connectivity index (χ3v) is 17.8. The molecule has 0 radical (unpaired) electrons. The first-order valence-electron chi connectivity index (χ1n) is 21.6. The van der Waals surface area contributed by atoms with Crippen LogP contribution in [0, 0.1) is 56.2 Å². The molecular weight excluding hydrogens is 754 g/mol. The van der Waals surface area contributed by atoms with Gasteiger partial charge >= 0.3 is 5.97 Å². The van der Waals surface area contributed by atoms with Crippen LogP contribution < -0.4 is 5.32 Å². The van der Waals surface area contributed by atoms with Crippen molar-refractivity contribution in [3.63, 3.8) is 0 Å². The van der Waals surface area contributed by atoms with Crippen LogP contribution in [0.3, 0.4) is 0 Å². The van der Waals surface area contributed by atoms with Crippen LogP contribution in [0.2, 0.25) is 0 Å². The van der Waals surface area contributed by atoms with Crippen LogP contribution in [0.5, 0.6) is 0 Å². The molecule has 15 nitrogen and oxygen atoms in total. The lowest BCUT2D eigenvalue weighted by molar-refractivity contribution is -0.366. The number of hydrogen-bond donors (Lipinski definition) is 8. The second-order valence-corrected chi connectivity index (χ2v) is 21.2. The van der Waals surface area contributed by atoms with E-state index in [9.17, 15) is 45.3 Å². The summed E-state index contributed by atoms with van der Waals surface area (Å²) in [5.74, 6) is -1.80. The minimum atomic E-state index is -1.66. The van der Waals surface area contributed by atoms with Crippen molar-refractivity contribution in [2.24, 2.45) is 56.2 Å². The maximum absolute atomic E-state index is 15.0. The predicted octanol–water partition coefficient (Wildman–Crippen LogP) is 1.90. The molecule has 8 N–H and O–H groups in total. The Morgan fingerprint density at radius 2 is 1.50 bits per heavy atom. The Morgan fingerprint density at radius 3 is 2.17 bits per heavy atom.